The minimum absolute atomic E-state index is 0.155. The fourth-order valence-corrected chi connectivity index (χ4v) is 4.88. The van der Waals surface area contributed by atoms with Crippen molar-refractivity contribution < 1.29 is 13.9 Å². The van der Waals surface area contributed by atoms with Crippen molar-refractivity contribution in [2.45, 2.75) is 25.4 Å². The summed E-state index contributed by atoms with van der Waals surface area (Å²) in [6, 6.07) is 10.5. The summed E-state index contributed by atoms with van der Waals surface area (Å²) in [6.07, 6.45) is 4.30. The Morgan fingerprint density at radius 1 is 1.26 bits per heavy atom. The zero-order valence-corrected chi connectivity index (χ0v) is 18.3. The second kappa shape index (κ2) is 8.19. The van der Waals surface area contributed by atoms with Crippen molar-refractivity contribution in [3.8, 4) is 11.3 Å². The summed E-state index contributed by atoms with van der Waals surface area (Å²) in [6.45, 7) is 2.17. The average molecular weight is 458 g/mol. The summed E-state index contributed by atoms with van der Waals surface area (Å²) in [5.74, 6) is 0.441. The third kappa shape index (κ3) is 3.41. The van der Waals surface area contributed by atoms with Gasteiger partial charge in [0.1, 0.15) is 17.3 Å². The van der Waals surface area contributed by atoms with Crippen LogP contribution in [0.5, 0.6) is 0 Å². The molecular formula is C25H23FN6O2. The Kier molecular flexibility index (Phi) is 5.00. The van der Waals surface area contributed by atoms with E-state index in [9.17, 15) is 9.18 Å². The van der Waals surface area contributed by atoms with Gasteiger partial charge in [0, 0.05) is 43.4 Å². The molecule has 0 unspecified atom stereocenters. The number of rotatable bonds is 5. The highest BCUT2D eigenvalue weighted by molar-refractivity contribution is 6.06. The number of pyridine rings is 2. The molecular weight excluding hydrogens is 435 g/mol. The number of nitrogens with one attached hydrogen (secondary N) is 2. The summed E-state index contributed by atoms with van der Waals surface area (Å²) in [7, 11) is 0. The van der Waals surface area contributed by atoms with E-state index in [1.807, 2.05) is 28.7 Å². The number of aromatic nitrogens is 3. The quantitative estimate of drug-likeness (QED) is 0.423. The molecule has 3 aromatic heterocycles. The number of hydrogen-bond acceptors (Lipinski definition) is 6. The maximum absolute atomic E-state index is 13.6. The molecule has 8 nitrogen and oxygen atoms in total. The number of anilines is 2. The molecule has 1 atom stereocenters. The number of carbonyl (C=O) groups is 1. The van der Waals surface area contributed by atoms with Crippen LogP contribution < -0.4 is 16.4 Å². The summed E-state index contributed by atoms with van der Waals surface area (Å²) in [5, 5.41) is 6.23. The van der Waals surface area contributed by atoms with E-state index in [0.717, 1.165) is 41.1 Å². The van der Waals surface area contributed by atoms with Gasteiger partial charge in [0.25, 0.3) is 5.91 Å². The Balaban J connectivity index is 1.38. The number of ether oxygens (including phenoxy) is 1. The van der Waals surface area contributed by atoms with Gasteiger partial charge in [0.2, 0.25) is 0 Å². The molecule has 5 heterocycles. The summed E-state index contributed by atoms with van der Waals surface area (Å²) >= 11 is 0. The Labute approximate surface area is 195 Å². The number of nitrogens with two attached hydrogens (primary N) is 1. The van der Waals surface area contributed by atoms with Gasteiger partial charge in [0.15, 0.2) is 0 Å². The lowest BCUT2D eigenvalue weighted by Crippen LogP contribution is -2.14. The fourth-order valence-electron chi connectivity index (χ4n) is 4.88. The molecule has 172 valence electrons. The molecule has 1 aromatic carbocycles. The van der Waals surface area contributed by atoms with Gasteiger partial charge in [-0.3, -0.25) is 9.20 Å². The molecule has 0 aliphatic carbocycles. The van der Waals surface area contributed by atoms with Gasteiger partial charge in [-0.05, 0) is 35.7 Å². The van der Waals surface area contributed by atoms with Crippen LogP contribution in [-0.4, -0.2) is 33.5 Å². The molecule has 0 bridgehead atoms. The summed E-state index contributed by atoms with van der Waals surface area (Å²) in [5.41, 5.74) is 12.2. The second-order valence-electron chi connectivity index (χ2n) is 8.54. The van der Waals surface area contributed by atoms with E-state index in [1.165, 1.54) is 12.1 Å². The smallest absolute Gasteiger partial charge is 0.254 e. The van der Waals surface area contributed by atoms with Crippen LogP contribution in [0, 0.1) is 5.82 Å². The molecule has 2 aliphatic rings. The Morgan fingerprint density at radius 3 is 3.00 bits per heavy atom. The Hall–Kier alpha value is -3.82. The molecule has 1 amide bonds. The van der Waals surface area contributed by atoms with E-state index in [1.54, 1.807) is 12.4 Å². The average Bonchev–Trinajstić information content (AvgIpc) is 3.60. The third-order valence-electron chi connectivity index (χ3n) is 6.55. The van der Waals surface area contributed by atoms with Crippen molar-refractivity contribution in [1.29, 1.82) is 0 Å². The van der Waals surface area contributed by atoms with Crippen molar-refractivity contribution >= 4 is 23.1 Å². The van der Waals surface area contributed by atoms with Crippen LogP contribution >= 0.6 is 0 Å². The molecule has 4 N–H and O–H groups in total. The maximum Gasteiger partial charge on any atom is 0.254 e. The van der Waals surface area contributed by atoms with Gasteiger partial charge in [-0.2, -0.15) is 0 Å². The third-order valence-corrected chi connectivity index (χ3v) is 6.55. The van der Waals surface area contributed by atoms with Gasteiger partial charge in [-0.1, -0.05) is 12.1 Å². The van der Waals surface area contributed by atoms with E-state index in [2.05, 4.69) is 15.6 Å². The first-order chi connectivity index (χ1) is 16.6. The zero-order chi connectivity index (χ0) is 23.2. The van der Waals surface area contributed by atoms with Crippen LogP contribution in [-0.2, 0) is 17.8 Å². The second-order valence-corrected chi connectivity index (χ2v) is 8.54. The normalized spacial score (nSPS) is 17.2. The number of benzene rings is 1. The van der Waals surface area contributed by atoms with Crippen molar-refractivity contribution in [3.63, 3.8) is 0 Å². The lowest BCUT2D eigenvalue weighted by atomic mass is 9.96. The summed E-state index contributed by atoms with van der Waals surface area (Å²) < 4.78 is 20.9. The van der Waals surface area contributed by atoms with Crippen LogP contribution in [0.3, 0.4) is 0 Å². The minimum Gasteiger partial charge on any atom is -0.381 e. The highest BCUT2D eigenvalue weighted by atomic mass is 19.1. The summed E-state index contributed by atoms with van der Waals surface area (Å²) in [4.78, 5) is 21.8. The first kappa shape index (κ1) is 20.8. The van der Waals surface area contributed by atoms with E-state index in [4.69, 9.17) is 15.5 Å². The maximum atomic E-state index is 13.6. The zero-order valence-electron chi connectivity index (χ0n) is 18.3. The molecule has 0 spiro atoms. The highest BCUT2D eigenvalue weighted by Gasteiger charge is 2.28. The standard InChI is InChI=1S/C25H23FN6O2/c26-15-5-7-32-21(12-28-23(32)9-15)17-1-3-19(24-18(17)11-29-25(24)33)30-22-4-2-16(20(10-27)31-22)14-6-8-34-13-14/h1-5,7,9,12,14H,6,8,10-11,13,27H2,(H,29,33)(H,30,31)/t14-/m1/s1. The number of imidazole rings is 1. The number of nitrogens with zero attached hydrogens (tertiary/aromatic N) is 3. The largest absolute Gasteiger partial charge is 0.381 e. The predicted molar refractivity (Wildman–Crippen MR) is 125 cm³/mol. The molecule has 9 heteroatoms. The van der Waals surface area contributed by atoms with Crippen LogP contribution in [0.2, 0.25) is 0 Å². The van der Waals surface area contributed by atoms with Gasteiger partial charge in [0.05, 0.1) is 35.4 Å². The molecule has 34 heavy (non-hydrogen) atoms. The molecule has 0 radical (unpaired) electrons. The van der Waals surface area contributed by atoms with Crippen LogP contribution in [0.4, 0.5) is 15.9 Å². The van der Waals surface area contributed by atoms with Gasteiger partial charge < -0.3 is 21.1 Å². The first-order valence-corrected chi connectivity index (χ1v) is 11.2. The van der Waals surface area contributed by atoms with Gasteiger partial charge >= 0.3 is 0 Å². The first-order valence-electron chi connectivity index (χ1n) is 11.2. The molecule has 4 aromatic rings. The van der Waals surface area contributed by atoms with Crippen LogP contribution in [0.15, 0.2) is 48.8 Å². The van der Waals surface area contributed by atoms with Crippen molar-refractivity contribution in [1.82, 2.24) is 19.7 Å². The van der Waals surface area contributed by atoms with Crippen molar-refractivity contribution in [2.75, 3.05) is 18.5 Å². The Bertz CT molecular complexity index is 1430. The molecule has 6 rings (SSSR count). The molecule has 2 aliphatic heterocycles. The Morgan fingerprint density at radius 2 is 2.18 bits per heavy atom. The number of carbonyl (C=O) groups excluding carboxylic acids is 1. The number of hydrogen-bond donors (Lipinski definition) is 3. The van der Waals surface area contributed by atoms with E-state index in [-0.39, 0.29) is 11.7 Å². The van der Waals surface area contributed by atoms with E-state index >= 15 is 0 Å². The minimum atomic E-state index is -0.345. The van der Waals surface area contributed by atoms with Gasteiger partial charge in [-0.25, -0.2) is 14.4 Å². The van der Waals surface area contributed by atoms with Crippen molar-refractivity contribution in [3.05, 3.63) is 77.0 Å². The number of halogens is 1. The van der Waals surface area contributed by atoms with E-state index in [0.29, 0.717) is 48.3 Å². The predicted octanol–water partition coefficient (Wildman–Crippen LogP) is 3.49. The SMILES string of the molecule is NCc1nc(Nc2ccc(-c3cnc4cc(F)ccn34)c3c2C(=O)NC3)ccc1[C@@H]1CCOC1. The number of fused-ring (bicyclic) bond motifs is 2. The van der Waals surface area contributed by atoms with Gasteiger partial charge in [-0.15, -0.1) is 0 Å². The van der Waals surface area contributed by atoms with E-state index < -0.39 is 0 Å². The molecule has 1 fully saturated rings. The topological polar surface area (TPSA) is 107 Å². The fraction of sp³-hybridized carbons (Fsp3) is 0.240. The highest BCUT2D eigenvalue weighted by Crippen LogP contribution is 2.36. The van der Waals surface area contributed by atoms with Crippen LogP contribution in [0.1, 0.15) is 39.5 Å². The number of amides is 1. The lowest BCUT2D eigenvalue weighted by molar-refractivity contribution is 0.0966. The van der Waals surface area contributed by atoms with Crippen LogP contribution in [0.25, 0.3) is 16.9 Å². The van der Waals surface area contributed by atoms with Crippen molar-refractivity contribution in [2.24, 2.45) is 5.73 Å². The molecule has 1 saturated heterocycles. The lowest BCUT2D eigenvalue weighted by Gasteiger charge is -2.16. The monoisotopic (exact) mass is 458 g/mol. The molecule has 0 saturated carbocycles.